The van der Waals surface area contributed by atoms with E-state index in [9.17, 15) is 0 Å². The van der Waals surface area contributed by atoms with E-state index in [-0.39, 0.29) is 0 Å². The van der Waals surface area contributed by atoms with Crippen LogP contribution in [0, 0.1) is 6.92 Å². The molecule has 1 aromatic carbocycles. The zero-order valence-corrected chi connectivity index (χ0v) is 14.2. The highest BCUT2D eigenvalue weighted by Gasteiger charge is 2.36. The number of aromatic nitrogens is 4. The van der Waals surface area contributed by atoms with Crippen molar-refractivity contribution in [3.05, 3.63) is 47.9 Å². The lowest BCUT2D eigenvalue weighted by atomic mass is 9.97. The summed E-state index contributed by atoms with van der Waals surface area (Å²) in [5, 5.41) is 4.28. The molecule has 0 spiro atoms. The van der Waals surface area contributed by atoms with Gasteiger partial charge in [-0.05, 0) is 26.0 Å². The number of fused-ring (bicyclic) bond motifs is 1. The number of nitrogens with zero attached hydrogens (tertiary/aromatic N) is 5. The standard InChI is InChI=1S/C18H21N5O/c1-13-17(21-16-7-5-4-6-15(16)20-13)23-8-9-24-18(2,12-23)14-10-19-22(3)11-14/h4-7,10-11H,8-9,12H2,1-3H3. The van der Waals surface area contributed by atoms with E-state index in [2.05, 4.69) is 16.9 Å². The third-order valence-corrected chi connectivity index (χ3v) is 4.61. The van der Waals surface area contributed by atoms with Crippen LogP contribution in [0.25, 0.3) is 11.0 Å². The largest absolute Gasteiger partial charge is 0.367 e. The molecule has 0 bridgehead atoms. The van der Waals surface area contributed by atoms with Crippen LogP contribution >= 0.6 is 0 Å². The summed E-state index contributed by atoms with van der Waals surface area (Å²) < 4.78 is 7.91. The molecular formula is C18H21N5O. The van der Waals surface area contributed by atoms with Gasteiger partial charge in [0, 0.05) is 25.4 Å². The van der Waals surface area contributed by atoms with Crippen molar-refractivity contribution < 1.29 is 4.74 Å². The highest BCUT2D eigenvalue weighted by molar-refractivity contribution is 5.76. The zero-order chi connectivity index (χ0) is 16.7. The molecule has 1 unspecified atom stereocenters. The van der Waals surface area contributed by atoms with Crippen LogP contribution in [0.5, 0.6) is 0 Å². The lowest BCUT2D eigenvalue weighted by Gasteiger charge is -2.41. The molecular weight excluding hydrogens is 302 g/mol. The number of para-hydroxylation sites is 2. The Morgan fingerprint density at radius 3 is 2.62 bits per heavy atom. The Morgan fingerprint density at radius 2 is 1.92 bits per heavy atom. The highest BCUT2D eigenvalue weighted by Crippen LogP contribution is 2.32. The SMILES string of the molecule is Cc1nc2ccccc2nc1N1CCOC(C)(c2cnn(C)c2)C1. The summed E-state index contributed by atoms with van der Waals surface area (Å²) in [4.78, 5) is 11.8. The molecule has 24 heavy (non-hydrogen) atoms. The predicted octanol–water partition coefficient (Wildman–Crippen LogP) is 2.42. The lowest BCUT2D eigenvalue weighted by molar-refractivity contribution is -0.0468. The second kappa shape index (κ2) is 5.56. The average Bonchev–Trinajstić information content (AvgIpc) is 3.02. The topological polar surface area (TPSA) is 56.1 Å². The van der Waals surface area contributed by atoms with Gasteiger partial charge in [0.25, 0.3) is 0 Å². The van der Waals surface area contributed by atoms with Crippen molar-refractivity contribution in [1.29, 1.82) is 0 Å². The number of rotatable bonds is 2. The summed E-state index contributed by atoms with van der Waals surface area (Å²) in [6.07, 6.45) is 3.89. The van der Waals surface area contributed by atoms with Crippen molar-refractivity contribution in [3.8, 4) is 0 Å². The summed E-state index contributed by atoms with van der Waals surface area (Å²) in [7, 11) is 1.92. The van der Waals surface area contributed by atoms with Gasteiger partial charge in [0.2, 0.25) is 0 Å². The first-order valence-corrected chi connectivity index (χ1v) is 8.17. The molecule has 124 valence electrons. The predicted molar refractivity (Wildman–Crippen MR) is 93.0 cm³/mol. The van der Waals surface area contributed by atoms with Crippen LogP contribution in [0.1, 0.15) is 18.2 Å². The maximum absolute atomic E-state index is 6.10. The molecule has 1 saturated heterocycles. The molecule has 2 aromatic heterocycles. The Balaban J connectivity index is 1.70. The van der Waals surface area contributed by atoms with Crippen molar-refractivity contribution >= 4 is 16.9 Å². The maximum atomic E-state index is 6.10. The molecule has 4 rings (SSSR count). The number of hydrogen-bond donors (Lipinski definition) is 0. The van der Waals surface area contributed by atoms with Crippen molar-refractivity contribution in [2.24, 2.45) is 7.05 Å². The fraction of sp³-hybridized carbons (Fsp3) is 0.389. The summed E-state index contributed by atoms with van der Waals surface area (Å²) in [6.45, 7) is 6.32. The molecule has 1 atom stereocenters. The number of aryl methyl sites for hydroxylation is 2. The van der Waals surface area contributed by atoms with Gasteiger partial charge in [-0.2, -0.15) is 5.10 Å². The number of ether oxygens (including phenoxy) is 1. The summed E-state index contributed by atoms with van der Waals surface area (Å²) in [5.41, 5.74) is 3.49. The summed E-state index contributed by atoms with van der Waals surface area (Å²) in [5.74, 6) is 0.937. The Morgan fingerprint density at radius 1 is 1.17 bits per heavy atom. The van der Waals surface area contributed by atoms with Crippen molar-refractivity contribution in [1.82, 2.24) is 19.7 Å². The molecule has 0 aliphatic carbocycles. The van der Waals surface area contributed by atoms with Crippen LogP contribution < -0.4 is 4.90 Å². The van der Waals surface area contributed by atoms with E-state index in [1.165, 1.54) is 0 Å². The second-order valence-corrected chi connectivity index (χ2v) is 6.52. The Kier molecular flexibility index (Phi) is 3.49. The lowest BCUT2D eigenvalue weighted by Crippen LogP contribution is -2.48. The van der Waals surface area contributed by atoms with Gasteiger partial charge in [0.05, 0.1) is 36.1 Å². The molecule has 1 aliphatic rings. The fourth-order valence-corrected chi connectivity index (χ4v) is 3.30. The van der Waals surface area contributed by atoms with E-state index in [1.54, 1.807) is 0 Å². The molecule has 0 saturated carbocycles. The van der Waals surface area contributed by atoms with Crippen molar-refractivity contribution in [3.63, 3.8) is 0 Å². The quantitative estimate of drug-likeness (QED) is 0.725. The molecule has 6 nitrogen and oxygen atoms in total. The molecule has 1 fully saturated rings. The maximum Gasteiger partial charge on any atom is 0.150 e. The smallest absolute Gasteiger partial charge is 0.150 e. The first-order chi connectivity index (χ1) is 11.5. The highest BCUT2D eigenvalue weighted by atomic mass is 16.5. The van der Waals surface area contributed by atoms with E-state index < -0.39 is 5.60 Å². The normalized spacial score (nSPS) is 21.4. The van der Waals surface area contributed by atoms with E-state index in [0.29, 0.717) is 6.61 Å². The molecule has 0 N–H and O–H groups in total. The van der Waals surface area contributed by atoms with Crippen LogP contribution in [0.15, 0.2) is 36.7 Å². The average molecular weight is 323 g/mol. The zero-order valence-electron chi connectivity index (χ0n) is 14.2. The van der Waals surface area contributed by atoms with Crippen LogP contribution in [-0.4, -0.2) is 39.4 Å². The minimum absolute atomic E-state index is 0.397. The number of hydrogen-bond acceptors (Lipinski definition) is 5. The van der Waals surface area contributed by atoms with Crippen LogP contribution in [0.2, 0.25) is 0 Å². The van der Waals surface area contributed by atoms with Gasteiger partial charge in [-0.3, -0.25) is 4.68 Å². The molecule has 0 amide bonds. The number of morpholine rings is 1. The first kappa shape index (κ1) is 15.1. The molecule has 3 aromatic rings. The van der Waals surface area contributed by atoms with Gasteiger partial charge in [0.1, 0.15) is 5.60 Å². The Bertz CT molecular complexity index is 890. The van der Waals surface area contributed by atoms with Gasteiger partial charge >= 0.3 is 0 Å². The minimum Gasteiger partial charge on any atom is -0.367 e. The molecule has 6 heteroatoms. The van der Waals surface area contributed by atoms with Gasteiger partial charge < -0.3 is 9.64 Å². The van der Waals surface area contributed by atoms with Gasteiger partial charge in [0.15, 0.2) is 5.82 Å². The number of anilines is 1. The van der Waals surface area contributed by atoms with E-state index in [1.807, 2.05) is 55.3 Å². The van der Waals surface area contributed by atoms with E-state index >= 15 is 0 Å². The Labute approximate surface area is 141 Å². The summed E-state index contributed by atoms with van der Waals surface area (Å²) >= 11 is 0. The first-order valence-electron chi connectivity index (χ1n) is 8.17. The Hall–Kier alpha value is -2.47. The third-order valence-electron chi connectivity index (χ3n) is 4.61. The van der Waals surface area contributed by atoms with Crippen LogP contribution in [-0.2, 0) is 17.4 Å². The fourth-order valence-electron chi connectivity index (χ4n) is 3.30. The van der Waals surface area contributed by atoms with Crippen molar-refractivity contribution in [2.75, 3.05) is 24.6 Å². The third kappa shape index (κ3) is 2.53. The molecule has 3 heterocycles. The second-order valence-electron chi connectivity index (χ2n) is 6.52. The molecule has 0 radical (unpaired) electrons. The summed E-state index contributed by atoms with van der Waals surface area (Å²) in [6, 6.07) is 7.99. The van der Waals surface area contributed by atoms with E-state index in [0.717, 1.165) is 41.2 Å². The molecule has 1 aliphatic heterocycles. The van der Waals surface area contributed by atoms with Gasteiger partial charge in [-0.25, -0.2) is 9.97 Å². The number of benzene rings is 1. The van der Waals surface area contributed by atoms with Crippen LogP contribution in [0.3, 0.4) is 0 Å². The van der Waals surface area contributed by atoms with Gasteiger partial charge in [-0.15, -0.1) is 0 Å². The van der Waals surface area contributed by atoms with Gasteiger partial charge in [-0.1, -0.05) is 12.1 Å². The van der Waals surface area contributed by atoms with Crippen molar-refractivity contribution in [2.45, 2.75) is 19.4 Å². The minimum atomic E-state index is -0.397. The van der Waals surface area contributed by atoms with E-state index in [4.69, 9.17) is 14.7 Å². The monoisotopic (exact) mass is 323 g/mol. The van der Waals surface area contributed by atoms with Crippen LogP contribution in [0.4, 0.5) is 5.82 Å².